The van der Waals surface area contributed by atoms with Crippen LogP contribution < -0.4 is 10.6 Å². The fourth-order valence-corrected chi connectivity index (χ4v) is 5.29. The Hall–Kier alpha value is -3.02. The van der Waals surface area contributed by atoms with E-state index < -0.39 is 0 Å². The minimum atomic E-state index is -0.0293. The normalized spacial score (nSPS) is 13.8. The van der Waals surface area contributed by atoms with Gasteiger partial charge < -0.3 is 10.6 Å². The highest BCUT2D eigenvalue weighted by Gasteiger charge is 2.19. The number of aryl methyl sites for hydroxylation is 1. The number of anilines is 1. The van der Waals surface area contributed by atoms with Crippen LogP contribution in [-0.4, -0.2) is 29.9 Å². The van der Waals surface area contributed by atoms with Gasteiger partial charge >= 0.3 is 0 Å². The van der Waals surface area contributed by atoms with Crippen LogP contribution >= 0.6 is 11.8 Å². The first-order valence-electron chi connectivity index (χ1n) is 12.4. The van der Waals surface area contributed by atoms with Crippen molar-refractivity contribution in [1.29, 1.82) is 0 Å². The lowest BCUT2D eigenvalue weighted by Crippen LogP contribution is -2.34. The van der Waals surface area contributed by atoms with Crippen LogP contribution in [0.2, 0.25) is 0 Å². The molecule has 4 rings (SSSR count). The summed E-state index contributed by atoms with van der Waals surface area (Å²) in [4.78, 5) is 17.7. The predicted octanol–water partition coefficient (Wildman–Crippen LogP) is 6.96. The molecular weight excluding hydrogens is 450 g/mol. The Morgan fingerprint density at radius 2 is 1.83 bits per heavy atom. The van der Waals surface area contributed by atoms with Gasteiger partial charge in [0.2, 0.25) is 0 Å². The molecule has 1 amide bonds. The van der Waals surface area contributed by atoms with Gasteiger partial charge in [-0.3, -0.25) is 9.69 Å². The Balaban J connectivity index is 1.37. The molecule has 1 aliphatic heterocycles. The Bertz CT molecular complexity index is 1200. The van der Waals surface area contributed by atoms with E-state index in [9.17, 15) is 4.79 Å². The van der Waals surface area contributed by atoms with Crippen molar-refractivity contribution in [2.75, 3.05) is 18.4 Å². The molecule has 1 heterocycles. The number of hydrogen-bond donors (Lipinski definition) is 2. The second kappa shape index (κ2) is 11.6. The summed E-state index contributed by atoms with van der Waals surface area (Å²) in [5.41, 5.74) is 6.47. The third-order valence-electron chi connectivity index (χ3n) is 6.31. The zero-order valence-electron chi connectivity index (χ0n) is 21.1. The van der Waals surface area contributed by atoms with Crippen LogP contribution in [0.25, 0.3) is 5.70 Å². The number of rotatable bonds is 8. The highest BCUT2D eigenvalue weighted by atomic mass is 32.2. The maximum Gasteiger partial charge on any atom is 0.251 e. The molecule has 2 N–H and O–H groups in total. The van der Waals surface area contributed by atoms with Crippen molar-refractivity contribution in [2.45, 2.75) is 56.5 Å². The topological polar surface area (TPSA) is 44.4 Å². The second-order valence-electron chi connectivity index (χ2n) is 9.30. The van der Waals surface area contributed by atoms with E-state index in [0.717, 1.165) is 35.8 Å². The summed E-state index contributed by atoms with van der Waals surface area (Å²) in [6, 6.07) is 23.5. The molecule has 0 fully saturated rings. The van der Waals surface area contributed by atoms with Crippen molar-refractivity contribution in [1.82, 2.24) is 10.2 Å². The van der Waals surface area contributed by atoms with Crippen LogP contribution in [0.5, 0.6) is 0 Å². The van der Waals surface area contributed by atoms with Crippen molar-refractivity contribution < 1.29 is 4.79 Å². The number of amides is 1. The van der Waals surface area contributed by atoms with Gasteiger partial charge in [-0.05, 0) is 70.0 Å². The van der Waals surface area contributed by atoms with Gasteiger partial charge in [-0.15, -0.1) is 0 Å². The summed E-state index contributed by atoms with van der Waals surface area (Å²) in [6.45, 7) is 11.1. The molecule has 0 spiro atoms. The van der Waals surface area contributed by atoms with Crippen LogP contribution in [0.15, 0.2) is 82.6 Å². The van der Waals surface area contributed by atoms with Gasteiger partial charge in [0.05, 0.1) is 5.69 Å². The zero-order valence-corrected chi connectivity index (χ0v) is 21.9. The monoisotopic (exact) mass is 485 g/mol. The first kappa shape index (κ1) is 25.1. The molecule has 4 nitrogen and oxygen atoms in total. The molecule has 0 saturated carbocycles. The Morgan fingerprint density at radius 3 is 2.57 bits per heavy atom. The maximum atomic E-state index is 12.9. The molecule has 0 unspecified atom stereocenters. The molecule has 0 aliphatic carbocycles. The minimum Gasteiger partial charge on any atom is -0.354 e. The van der Waals surface area contributed by atoms with Gasteiger partial charge in [-0.25, -0.2) is 0 Å². The van der Waals surface area contributed by atoms with E-state index in [2.05, 4.69) is 90.9 Å². The summed E-state index contributed by atoms with van der Waals surface area (Å²) in [7, 11) is 0. The lowest BCUT2D eigenvalue weighted by Gasteiger charge is -2.26. The van der Waals surface area contributed by atoms with Gasteiger partial charge in [0, 0.05) is 52.3 Å². The molecule has 3 aromatic rings. The third-order valence-corrected chi connectivity index (χ3v) is 7.46. The van der Waals surface area contributed by atoms with Crippen molar-refractivity contribution in [3.63, 3.8) is 0 Å². The summed E-state index contributed by atoms with van der Waals surface area (Å²) in [6.07, 6.45) is 3.00. The molecule has 182 valence electrons. The van der Waals surface area contributed by atoms with E-state index in [1.165, 1.54) is 21.6 Å². The van der Waals surface area contributed by atoms with Crippen LogP contribution in [0.3, 0.4) is 0 Å². The first-order valence-corrected chi connectivity index (χ1v) is 13.2. The number of nitrogens with zero attached hydrogens (tertiary/aromatic N) is 1. The van der Waals surface area contributed by atoms with Crippen molar-refractivity contribution in [3.8, 4) is 0 Å². The summed E-state index contributed by atoms with van der Waals surface area (Å²) < 4.78 is 0. The number of hydrogen-bond acceptors (Lipinski definition) is 4. The summed E-state index contributed by atoms with van der Waals surface area (Å²) >= 11 is 1.74. The highest BCUT2D eigenvalue weighted by Crippen LogP contribution is 2.42. The van der Waals surface area contributed by atoms with Gasteiger partial charge in [-0.1, -0.05) is 59.8 Å². The molecule has 0 radical (unpaired) electrons. The number of benzene rings is 3. The van der Waals surface area contributed by atoms with E-state index in [1.54, 1.807) is 11.8 Å². The van der Waals surface area contributed by atoms with Gasteiger partial charge in [0.1, 0.15) is 0 Å². The van der Waals surface area contributed by atoms with Gasteiger partial charge in [0.15, 0.2) is 0 Å². The van der Waals surface area contributed by atoms with E-state index >= 15 is 0 Å². The Kier molecular flexibility index (Phi) is 8.32. The summed E-state index contributed by atoms with van der Waals surface area (Å²) in [5, 5.41) is 6.67. The van der Waals surface area contributed by atoms with Crippen molar-refractivity contribution >= 4 is 29.1 Å². The second-order valence-corrected chi connectivity index (χ2v) is 10.4. The Morgan fingerprint density at radius 1 is 1.06 bits per heavy atom. The molecule has 3 aromatic carbocycles. The SMILES string of the molecule is CC=C1Nc2cc(C(=O)NCCCN(Cc3ccccc3)C(C)C)ccc2Sc2ccc(C)cc21. The molecule has 0 bridgehead atoms. The largest absolute Gasteiger partial charge is 0.354 e. The predicted molar refractivity (Wildman–Crippen MR) is 148 cm³/mol. The molecule has 0 atom stereocenters. The lowest BCUT2D eigenvalue weighted by molar-refractivity contribution is 0.0950. The number of carbonyl (C=O) groups is 1. The number of nitrogens with one attached hydrogen (secondary N) is 2. The maximum absolute atomic E-state index is 12.9. The van der Waals surface area contributed by atoms with Crippen molar-refractivity contribution in [3.05, 3.63) is 95.1 Å². The minimum absolute atomic E-state index is 0.0293. The molecule has 1 aliphatic rings. The first-order chi connectivity index (χ1) is 16.9. The van der Waals surface area contributed by atoms with E-state index in [1.807, 2.05) is 25.1 Å². The van der Waals surface area contributed by atoms with Gasteiger partial charge in [0.25, 0.3) is 5.91 Å². The average Bonchev–Trinajstić information content (AvgIpc) is 3.01. The van der Waals surface area contributed by atoms with Gasteiger partial charge in [-0.2, -0.15) is 0 Å². The fourth-order valence-electron chi connectivity index (χ4n) is 4.28. The lowest BCUT2D eigenvalue weighted by atomic mass is 10.1. The van der Waals surface area contributed by atoms with Crippen LogP contribution in [0.1, 0.15) is 54.2 Å². The molecule has 5 heteroatoms. The van der Waals surface area contributed by atoms with Crippen LogP contribution in [-0.2, 0) is 6.54 Å². The standard InChI is InChI=1S/C30H35N3OS/c1-5-26-25-18-22(4)12-14-28(25)35-29-15-13-24(19-27(29)32-26)30(34)31-16-9-17-33(21(2)3)20-23-10-7-6-8-11-23/h5-8,10-15,18-19,21,32H,9,16-17,20H2,1-4H3,(H,31,34). The fraction of sp³-hybridized carbons (Fsp3) is 0.300. The van der Waals surface area contributed by atoms with Crippen molar-refractivity contribution in [2.24, 2.45) is 0 Å². The number of fused-ring (bicyclic) bond motifs is 2. The third kappa shape index (κ3) is 6.36. The molecule has 0 saturated heterocycles. The van der Waals surface area contributed by atoms with E-state index in [4.69, 9.17) is 0 Å². The molecular formula is C30H35N3OS. The molecule has 35 heavy (non-hydrogen) atoms. The molecule has 0 aromatic heterocycles. The van der Waals surface area contributed by atoms with Crippen LogP contribution in [0, 0.1) is 6.92 Å². The number of allylic oxidation sites excluding steroid dienone is 1. The van der Waals surface area contributed by atoms with E-state index in [-0.39, 0.29) is 5.91 Å². The van der Waals surface area contributed by atoms with E-state index in [0.29, 0.717) is 18.2 Å². The Labute approximate surface area is 213 Å². The smallest absolute Gasteiger partial charge is 0.251 e. The zero-order chi connectivity index (χ0) is 24.8. The average molecular weight is 486 g/mol. The van der Waals surface area contributed by atoms with Crippen LogP contribution in [0.4, 0.5) is 5.69 Å². The summed E-state index contributed by atoms with van der Waals surface area (Å²) in [5.74, 6) is -0.0293. The quantitative estimate of drug-likeness (QED) is 0.338. The highest BCUT2D eigenvalue weighted by molar-refractivity contribution is 7.99. The number of carbonyl (C=O) groups excluding carboxylic acids is 1.